The molecule has 3 nitrogen and oxygen atoms in total. The molecule has 2 atom stereocenters. The molecule has 90 valence electrons. The molecule has 1 rings (SSSR count). The summed E-state index contributed by atoms with van der Waals surface area (Å²) in [6.07, 6.45) is 2.70. The zero-order chi connectivity index (χ0) is 11.1. The maximum absolute atomic E-state index is 5.49. The Balaban J connectivity index is 2.13. The molecule has 3 heteroatoms. The molecule has 1 saturated heterocycles. The molecule has 1 fully saturated rings. The second kappa shape index (κ2) is 7.20. The van der Waals surface area contributed by atoms with Crippen LogP contribution in [0, 0.1) is 5.92 Å². The van der Waals surface area contributed by atoms with E-state index in [1.54, 1.807) is 0 Å². The average Bonchev–Trinajstić information content (AvgIpc) is 2.27. The second-order valence-electron chi connectivity index (χ2n) is 4.41. The molecule has 0 aliphatic carbocycles. The molecular formula is C12H25NO2. The van der Waals surface area contributed by atoms with E-state index < -0.39 is 0 Å². The van der Waals surface area contributed by atoms with Gasteiger partial charge < -0.3 is 14.8 Å². The van der Waals surface area contributed by atoms with Gasteiger partial charge in [-0.15, -0.1) is 0 Å². The Morgan fingerprint density at radius 1 is 1.33 bits per heavy atom. The van der Waals surface area contributed by atoms with Gasteiger partial charge in [0.2, 0.25) is 0 Å². The van der Waals surface area contributed by atoms with Gasteiger partial charge in [0.15, 0.2) is 0 Å². The van der Waals surface area contributed by atoms with Gasteiger partial charge in [0.1, 0.15) is 0 Å². The van der Waals surface area contributed by atoms with Crippen molar-refractivity contribution in [2.45, 2.75) is 45.8 Å². The van der Waals surface area contributed by atoms with E-state index in [0.29, 0.717) is 12.1 Å². The highest BCUT2D eigenvalue weighted by Gasteiger charge is 2.20. The Morgan fingerprint density at radius 3 is 2.60 bits per heavy atom. The van der Waals surface area contributed by atoms with Crippen molar-refractivity contribution in [3.05, 3.63) is 0 Å². The van der Waals surface area contributed by atoms with Crippen LogP contribution in [0.15, 0.2) is 0 Å². The minimum absolute atomic E-state index is 0.317. The van der Waals surface area contributed by atoms with Crippen LogP contribution in [-0.2, 0) is 9.47 Å². The van der Waals surface area contributed by atoms with E-state index in [1.807, 2.05) is 6.92 Å². The van der Waals surface area contributed by atoms with Crippen LogP contribution < -0.4 is 5.32 Å². The molecule has 15 heavy (non-hydrogen) atoms. The van der Waals surface area contributed by atoms with Gasteiger partial charge in [-0.05, 0) is 39.5 Å². The van der Waals surface area contributed by atoms with Crippen molar-refractivity contribution in [2.24, 2.45) is 5.92 Å². The zero-order valence-corrected chi connectivity index (χ0v) is 10.3. The molecule has 0 aromatic heterocycles. The fourth-order valence-electron chi connectivity index (χ4n) is 2.08. The van der Waals surface area contributed by atoms with Gasteiger partial charge in [-0.3, -0.25) is 0 Å². The Labute approximate surface area is 93.5 Å². The normalized spacial score (nSPS) is 22.6. The van der Waals surface area contributed by atoms with Crippen LogP contribution in [0.1, 0.15) is 33.6 Å². The topological polar surface area (TPSA) is 30.5 Å². The first-order valence-corrected chi connectivity index (χ1v) is 6.16. The predicted molar refractivity (Wildman–Crippen MR) is 62.1 cm³/mol. The van der Waals surface area contributed by atoms with Gasteiger partial charge in [0.05, 0.1) is 6.10 Å². The highest BCUT2D eigenvalue weighted by molar-refractivity contribution is 4.75. The molecule has 0 aromatic rings. The quantitative estimate of drug-likeness (QED) is 0.733. The van der Waals surface area contributed by atoms with Crippen molar-refractivity contribution in [3.63, 3.8) is 0 Å². The fourth-order valence-corrected chi connectivity index (χ4v) is 2.08. The number of nitrogens with one attached hydrogen (secondary N) is 1. The van der Waals surface area contributed by atoms with E-state index in [2.05, 4.69) is 19.2 Å². The predicted octanol–water partition coefficient (Wildman–Crippen LogP) is 1.82. The monoisotopic (exact) mass is 215 g/mol. The highest BCUT2D eigenvalue weighted by Crippen LogP contribution is 2.18. The zero-order valence-electron chi connectivity index (χ0n) is 10.3. The average molecular weight is 215 g/mol. The molecule has 1 heterocycles. The van der Waals surface area contributed by atoms with Crippen LogP contribution in [0.4, 0.5) is 0 Å². The summed E-state index contributed by atoms with van der Waals surface area (Å²) in [5, 5.41) is 3.56. The number of hydrogen-bond donors (Lipinski definition) is 1. The van der Waals surface area contributed by atoms with Gasteiger partial charge in [0, 0.05) is 32.4 Å². The van der Waals surface area contributed by atoms with Crippen LogP contribution in [0.2, 0.25) is 0 Å². The third-order valence-corrected chi connectivity index (χ3v) is 3.15. The molecule has 0 bridgehead atoms. The summed E-state index contributed by atoms with van der Waals surface area (Å²) in [7, 11) is 0. The van der Waals surface area contributed by atoms with E-state index in [9.17, 15) is 0 Å². The Hall–Kier alpha value is -0.120. The van der Waals surface area contributed by atoms with Gasteiger partial charge >= 0.3 is 0 Å². The first-order chi connectivity index (χ1) is 7.24. The van der Waals surface area contributed by atoms with Crippen molar-refractivity contribution < 1.29 is 9.47 Å². The van der Waals surface area contributed by atoms with E-state index in [0.717, 1.165) is 32.3 Å². The van der Waals surface area contributed by atoms with Crippen LogP contribution in [0.3, 0.4) is 0 Å². The largest absolute Gasteiger partial charge is 0.381 e. The van der Waals surface area contributed by atoms with Crippen molar-refractivity contribution >= 4 is 0 Å². The number of hydrogen-bond acceptors (Lipinski definition) is 3. The van der Waals surface area contributed by atoms with Gasteiger partial charge in [-0.1, -0.05) is 0 Å². The van der Waals surface area contributed by atoms with Crippen LogP contribution in [0.5, 0.6) is 0 Å². The molecule has 0 radical (unpaired) electrons. The van der Waals surface area contributed by atoms with Crippen LogP contribution >= 0.6 is 0 Å². The lowest BCUT2D eigenvalue weighted by Gasteiger charge is -2.29. The van der Waals surface area contributed by atoms with Crippen molar-refractivity contribution in [1.29, 1.82) is 0 Å². The lowest BCUT2D eigenvalue weighted by atomic mass is 9.93. The van der Waals surface area contributed by atoms with Crippen molar-refractivity contribution in [3.8, 4) is 0 Å². The molecule has 1 N–H and O–H groups in total. The van der Waals surface area contributed by atoms with E-state index in [1.165, 1.54) is 12.8 Å². The minimum atomic E-state index is 0.317. The Morgan fingerprint density at radius 2 is 2.00 bits per heavy atom. The maximum atomic E-state index is 5.49. The first-order valence-electron chi connectivity index (χ1n) is 6.16. The summed E-state index contributed by atoms with van der Waals surface area (Å²) in [6, 6.07) is 0.580. The van der Waals surface area contributed by atoms with Crippen LogP contribution in [-0.4, -0.2) is 38.5 Å². The van der Waals surface area contributed by atoms with Gasteiger partial charge in [-0.2, -0.15) is 0 Å². The van der Waals surface area contributed by atoms with Gasteiger partial charge in [0.25, 0.3) is 0 Å². The molecular weight excluding hydrogens is 190 g/mol. The highest BCUT2D eigenvalue weighted by atomic mass is 16.5. The molecule has 2 unspecified atom stereocenters. The third-order valence-electron chi connectivity index (χ3n) is 3.15. The molecule has 0 aromatic carbocycles. The summed E-state index contributed by atoms with van der Waals surface area (Å²) < 4.78 is 10.9. The third kappa shape index (κ3) is 4.96. The molecule has 1 aliphatic heterocycles. The second-order valence-corrected chi connectivity index (χ2v) is 4.41. The van der Waals surface area contributed by atoms with Gasteiger partial charge in [-0.25, -0.2) is 0 Å². The fraction of sp³-hybridized carbons (Fsp3) is 1.00. The summed E-state index contributed by atoms with van der Waals surface area (Å²) in [5.41, 5.74) is 0. The Kier molecular flexibility index (Phi) is 6.22. The van der Waals surface area contributed by atoms with Crippen LogP contribution in [0.25, 0.3) is 0 Å². The van der Waals surface area contributed by atoms with E-state index in [-0.39, 0.29) is 0 Å². The van der Waals surface area contributed by atoms with Crippen molar-refractivity contribution in [2.75, 3.05) is 26.4 Å². The summed E-state index contributed by atoms with van der Waals surface area (Å²) in [5.74, 6) is 0.771. The lowest BCUT2D eigenvalue weighted by molar-refractivity contribution is 0.0473. The molecule has 0 amide bonds. The smallest absolute Gasteiger partial charge is 0.0671 e. The maximum Gasteiger partial charge on any atom is 0.0671 e. The SMILES string of the molecule is CCOC(C)CNC(C)C1CCOCC1. The molecule has 1 aliphatic rings. The molecule has 0 spiro atoms. The first kappa shape index (κ1) is 12.9. The van der Waals surface area contributed by atoms with Crippen molar-refractivity contribution in [1.82, 2.24) is 5.32 Å². The minimum Gasteiger partial charge on any atom is -0.381 e. The molecule has 0 saturated carbocycles. The summed E-state index contributed by atoms with van der Waals surface area (Å²) in [4.78, 5) is 0. The standard InChI is InChI=1S/C12H25NO2/c1-4-15-10(2)9-13-11(3)12-5-7-14-8-6-12/h10-13H,4-9H2,1-3H3. The van der Waals surface area contributed by atoms with E-state index in [4.69, 9.17) is 9.47 Å². The number of ether oxygens (including phenoxy) is 2. The Bertz CT molecular complexity index is 158. The summed E-state index contributed by atoms with van der Waals surface area (Å²) in [6.45, 7) is 10.0. The summed E-state index contributed by atoms with van der Waals surface area (Å²) >= 11 is 0. The van der Waals surface area contributed by atoms with E-state index >= 15 is 0 Å². The lowest BCUT2D eigenvalue weighted by Crippen LogP contribution is -2.40. The number of rotatable bonds is 6.